The van der Waals surface area contributed by atoms with E-state index in [1.165, 1.54) is 25.7 Å². The van der Waals surface area contributed by atoms with E-state index in [4.69, 9.17) is 18.0 Å². The van der Waals surface area contributed by atoms with Crippen molar-refractivity contribution in [3.05, 3.63) is 36.1 Å². The zero-order chi connectivity index (χ0) is 13.7. The molecule has 4 heteroatoms. The van der Waals surface area contributed by atoms with Crippen LogP contribution < -0.4 is 11.1 Å². The molecule has 3 N–H and O–H groups in total. The van der Waals surface area contributed by atoms with Gasteiger partial charge in [-0.1, -0.05) is 17.7 Å². The number of thiocarbonyl (C=S) groups is 1. The molecule has 0 saturated heterocycles. The van der Waals surface area contributed by atoms with Crippen LogP contribution in [0.3, 0.4) is 0 Å². The van der Waals surface area contributed by atoms with Gasteiger partial charge in [-0.15, -0.1) is 0 Å². The van der Waals surface area contributed by atoms with Gasteiger partial charge in [0, 0.05) is 12.7 Å². The second-order valence-electron chi connectivity index (χ2n) is 5.39. The Kier molecular flexibility index (Phi) is 4.64. The molecule has 0 aromatic carbocycles. The Morgan fingerprint density at radius 2 is 2.32 bits per heavy atom. The SMILES string of the molecule is CC1(NC(N)=S)C=CC=CN1CCC1=CCCCC1. The van der Waals surface area contributed by atoms with Crippen molar-refractivity contribution in [1.29, 1.82) is 0 Å². The van der Waals surface area contributed by atoms with Crippen molar-refractivity contribution in [1.82, 2.24) is 10.2 Å². The maximum absolute atomic E-state index is 5.63. The van der Waals surface area contributed by atoms with E-state index in [9.17, 15) is 0 Å². The van der Waals surface area contributed by atoms with Gasteiger partial charge in [0.05, 0.1) is 0 Å². The van der Waals surface area contributed by atoms with Crippen molar-refractivity contribution in [2.24, 2.45) is 5.73 Å². The summed E-state index contributed by atoms with van der Waals surface area (Å²) in [4.78, 5) is 2.27. The molecule has 2 aliphatic rings. The summed E-state index contributed by atoms with van der Waals surface area (Å²) >= 11 is 4.98. The molecule has 1 aliphatic carbocycles. The van der Waals surface area contributed by atoms with E-state index in [1.807, 2.05) is 6.08 Å². The number of hydrogen-bond donors (Lipinski definition) is 2. The highest BCUT2D eigenvalue weighted by Crippen LogP contribution is 2.24. The summed E-state index contributed by atoms with van der Waals surface area (Å²) in [7, 11) is 0. The smallest absolute Gasteiger partial charge is 0.165 e. The molecule has 0 aromatic heterocycles. The summed E-state index contributed by atoms with van der Waals surface area (Å²) in [6.07, 6.45) is 17.0. The summed E-state index contributed by atoms with van der Waals surface area (Å²) in [5.41, 5.74) is 6.91. The predicted molar refractivity (Wildman–Crippen MR) is 84.5 cm³/mol. The highest BCUT2D eigenvalue weighted by molar-refractivity contribution is 7.80. The van der Waals surface area contributed by atoms with Crippen molar-refractivity contribution in [2.75, 3.05) is 6.54 Å². The molecule has 1 heterocycles. The number of nitrogens with zero attached hydrogens (tertiary/aromatic N) is 1. The van der Waals surface area contributed by atoms with Gasteiger partial charge in [-0.2, -0.15) is 0 Å². The van der Waals surface area contributed by atoms with E-state index in [-0.39, 0.29) is 5.66 Å². The van der Waals surface area contributed by atoms with Gasteiger partial charge in [0.15, 0.2) is 5.11 Å². The van der Waals surface area contributed by atoms with E-state index in [2.05, 4.69) is 41.6 Å². The van der Waals surface area contributed by atoms with Gasteiger partial charge < -0.3 is 16.0 Å². The van der Waals surface area contributed by atoms with Gasteiger partial charge in [-0.3, -0.25) is 0 Å². The fourth-order valence-electron chi connectivity index (χ4n) is 2.71. The molecule has 104 valence electrons. The molecule has 0 fully saturated rings. The van der Waals surface area contributed by atoms with Crippen LogP contribution in [0.25, 0.3) is 0 Å². The van der Waals surface area contributed by atoms with E-state index < -0.39 is 0 Å². The van der Waals surface area contributed by atoms with E-state index >= 15 is 0 Å². The second kappa shape index (κ2) is 6.24. The summed E-state index contributed by atoms with van der Waals surface area (Å²) in [5.74, 6) is 0. The zero-order valence-electron chi connectivity index (χ0n) is 11.6. The van der Waals surface area contributed by atoms with Crippen LogP contribution in [0, 0.1) is 0 Å². The molecule has 3 nitrogen and oxygen atoms in total. The predicted octanol–water partition coefficient (Wildman–Crippen LogP) is 2.81. The normalized spacial score (nSPS) is 26.2. The molecule has 2 rings (SSSR count). The van der Waals surface area contributed by atoms with Gasteiger partial charge >= 0.3 is 0 Å². The highest BCUT2D eigenvalue weighted by Gasteiger charge is 2.28. The van der Waals surface area contributed by atoms with Crippen LogP contribution in [0.5, 0.6) is 0 Å². The summed E-state index contributed by atoms with van der Waals surface area (Å²) in [6, 6.07) is 0. The minimum atomic E-state index is -0.310. The maximum atomic E-state index is 5.63. The third-order valence-electron chi connectivity index (χ3n) is 3.83. The first kappa shape index (κ1) is 14.1. The quantitative estimate of drug-likeness (QED) is 0.612. The average Bonchev–Trinajstić information content (AvgIpc) is 2.38. The van der Waals surface area contributed by atoms with Crippen molar-refractivity contribution < 1.29 is 0 Å². The first-order valence-corrected chi connectivity index (χ1v) is 7.39. The standard InChI is InChI=1S/C15H23N3S/c1-15(17-14(16)19)10-5-6-11-18(15)12-9-13-7-3-2-4-8-13/h5-7,10-11H,2-4,8-9,12H2,1H3,(H3,16,17,19). The first-order valence-electron chi connectivity index (χ1n) is 6.98. The van der Waals surface area contributed by atoms with Crippen molar-refractivity contribution in [3.63, 3.8) is 0 Å². The molecule has 0 radical (unpaired) electrons. The molecule has 1 aliphatic heterocycles. The van der Waals surface area contributed by atoms with Crippen molar-refractivity contribution >= 4 is 17.3 Å². The molecular weight excluding hydrogens is 254 g/mol. The number of nitrogens with one attached hydrogen (secondary N) is 1. The van der Waals surface area contributed by atoms with Gasteiger partial charge in [-0.05, 0) is 63.4 Å². The minimum absolute atomic E-state index is 0.310. The molecule has 0 aromatic rings. The topological polar surface area (TPSA) is 41.3 Å². The van der Waals surface area contributed by atoms with Crippen LogP contribution in [-0.2, 0) is 0 Å². The van der Waals surface area contributed by atoms with Gasteiger partial charge in [0.25, 0.3) is 0 Å². The monoisotopic (exact) mass is 277 g/mol. The van der Waals surface area contributed by atoms with E-state index in [1.54, 1.807) is 5.57 Å². The molecule has 1 unspecified atom stereocenters. The molecular formula is C15H23N3S. The molecule has 1 atom stereocenters. The highest BCUT2D eigenvalue weighted by atomic mass is 32.1. The fraction of sp³-hybridized carbons (Fsp3) is 0.533. The Bertz CT molecular complexity index is 425. The summed E-state index contributed by atoms with van der Waals surface area (Å²) in [6.45, 7) is 3.08. The number of allylic oxidation sites excluding steroid dienone is 3. The summed E-state index contributed by atoms with van der Waals surface area (Å²) < 4.78 is 0. The Balaban J connectivity index is 1.96. The lowest BCUT2D eigenvalue weighted by atomic mass is 9.96. The van der Waals surface area contributed by atoms with Crippen LogP contribution >= 0.6 is 12.2 Å². The largest absolute Gasteiger partial charge is 0.376 e. The number of nitrogens with two attached hydrogens (primary N) is 1. The Morgan fingerprint density at radius 3 is 3.00 bits per heavy atom. The van der Waals surface area contributed by atoms with Crippen molar-refractivity contribution in [3.8, 4) is 0 Å². The molecule has 0 spiro atoms. The minimum Gasteiger partial charge on any atom is -0.376 e. The molecule has 0 saturated carbocycles. The lowest BCUT2D eigenvalue weighted by Crippen LogP contribution is -2.57. The number of hydrogen-bond acceptors (Lipinski definition) is 2. The third kappa shape index (κ3) is 3.83. The van der Waals surface area contributed by atoms with Crippen molar-refractivity contribution in [2.45, 2.75) is 44.7 Å². The van der Waals surface area contributed by atoms with Crippen LogP contribution in [0.1, 0.15) is 39.0 Å². The maximum Gasteiger partial charge on any atom is 0.165 e. The molecule has 19 heavy (non-hydrogen) atoms. The van der Waals surface area contributed by atoms with Crippen LogP contribution in [0.15, 0.2) is 36.1 Å². The van der Waals surface area contributed by atoms with Crippen LogP contribution in [0.4, 0.5) is 0 Å². The summed E-state index contributed by atoms with van der Waals surface area (Å²) in [5, 5.41) is 3.51. The number of rotatable bonds is 4. The average molecular weight is 277 g/mol. The van der Waals surface area contributed by atoms with Gasteiger partial charge in [0.2, 0.25) is 0 Å². The third-order valence-corrected chi connectivity index (χ3v) is 3.93. The van der Waals surface area contributed by atoms with Crippen LogP contribution in [-0.4, -0.2) is 22.2 Å². The van der Waals surface area contributed by atoms with Crippen LogP contribution in [0.2, 0.25) is 0 Å². The Labute approximate surface area is 121 Å². The fourth-order valence-corrected chi connectivity index (χ4v) is 2.92. The zero-order valence-corrected chi connectivity index (χ0v) is 12.4. The van der Waals surface area contributed by atoms with Gasteiger partial charge in [0.1, 0.15) is 5.66 Å². The first-order chi connectivity index (χ1) is 9.10. The Morgan fingerprint density at radius 1 is 1.47 bits per heavy atom. The second-order valence-corrected chi connectivity index (χ2v) is 5.83. The van der Waals surface area contributed by atoms with E-state index in [0.717, 1.165) is 13.0 Å². The lowest BCUT2D eigenvalue weighted by molar-refractivity contribution is 0.197. The lowest BCUT2D eigenvalue weighted by Gasteiger charge is -2.41. The Hall–Kier alpha value is -1.29. The van der Waals surface area contributed by atoms with E-state index in [0.29, 0.717) is 5.11 Å². The molecule has 0 bridgehead atoms. The molecule has 0 amide bonds. The van der Waals surface area contributed by atoms with Gasteiger partial charge in [-0.25, -0.2) is 0 Å².